The number of nitrogens with one attached hydrogen (secondary N) is 1. The van der Waals surface area contributed by atoms with Gasteiger partial charge in [0.1, 0.15) is 0 Å². The molecule has 0 aromatic carbocycles. The lowest BCUT2D eigenvalue weighted by Crippen LogP contribution is -2.49. The molecule has 0 aromatic rings. The van der Waals surface area contributed by atoms with Crippen LogP contribution in [-0.4, -0.2) is 62.1 Å². The van der Waals surface area contributed by atoms with Crippen LogP contribution in [0.4, 0.5) is 0 Å². The minimum Gasteiger partial charge on any atom is -0.315 e. The predicted octanol–water partition coefficient (Wildman–Crippen LogP) is -0.404. The Kier molecular flexibility index (Phi) is 1.73. The van der Waals surface area contributed by atoms with Crippen molar-refractivity contribution in [2.45, 2.75) is 12.5 Å². The van der Waals surface area contributed by atoms with Crippen molar-refractivity contribution in [2.24, 2.45) is 0 Å². The highest BCUT2D eigenvalue weighted by molar-refractivity contribution is 4.83. The van der Waals surface area contributed by atoms with Gasteiger partial charge in [-0.05, 0) is 19.9 Å². The van der Waals surface area contributed by atoms with E-state index in [4.69, 9.17) is 4.11 Å². The first-order valence-electron chi connectivity index (χ1n) is 6.27. The molecule has 12 heavy (non-hydrogen) atoms. The van der Waals surface area contributed by atoms with E-state index in [9.17, 15) is 0 Å². The SMILES string of the molecule is [2H]C([2H])([2H])N1CCN([C@H]2CCNC2)CC1. The van der Waals surface area contributed by atoms with E-state index in [1.807, 2.05) is 0 Å². The minimum absolute atomic E-state index is 0.628. The number of piperazine rings is 1. The molecule has 2 fully saturated rings. The van der Waals surface area contributed by atoms with Crippen LogP contribution < -0.4 is 5.32 Å². The zero-order valence-corrected chi connectivity index (χ0v) is 7.42. The highest BCUT2D eigenvalue weighted by Gasteiger charge is 2.24. The van der Waals surface area contributed by atoms with Crippen LogP contribution in [0.25, 0.3) is 0 Å². The molecule has 1 N–H and O–H groups in total. The monoisotopic (exact) mass is 172 g/mol. The van der Waals surface area contributed by atoms with Gasteiger partial charge in [-0.2, -0.15) is 0 Å². The molecule has 0 saturated carbocycles. The number of nitrogens with zero attached hydrogens (tertiary/aromatic N) is 2. The van der Waals surface area contributed by atoms with Gasteiger partial charge in [-0.1, -0.05) is 0 Å². The van der Waals surface area contributed by atoms with Crippen LogP contribution in [0, 0.1) is 0 Å². The van der Waals surface area contributed by atoms with E-state index in [1.54, 1.807) is 4.90 Å². The number of hydrogen-bond donors (Lipinski definition) is 1. The second kappa shape index (κ2) is 3.73. The molecular formula is C9H19N3. The molecule has 2 aliphatic heterocycles. The number of rotatable bonds is 1. The molecular weight excluding hydrogens is 150 g/mol. The summed E-state index contributed by atoms with van der Waals surface area (Å²) in [5.74, 6) is 0. The summed E-state index contributed by atoms with van der Waals surface area (Å²) in [6.07, 6.45) is 1.20. The van der Waals surface area contributed by atoms with Gasteiger partial charge in [0, 0.05) is 42.9 Å². The molecule has 1 atom stereocenters. The number of hydrogen-bond acceptors (Lipinski definition) is 3. The minimum atomic E-state index is -1.90. The van der Waals surface area contributed by atoms with Crippen LogP contribution >= 0.6 is 0 Å². The van der Waals surface area contributed by atoms with Crippen molar-refractivity contribution in [2.75, 3.05) is 46.2 Å². The Morgan fingerprint density at radius 3 is 2.75 bits per heavy atom. The van der Waals surface area contributed by atoms with Crippen molar-refractivity contribution >= 4 is 0 Å². The molecule has 2 aliphatic rings. The van der Waals surface area contributed by atoms with Crippen molar-refractivity contribution in [3.8, 4) is 0 Å². The van der Waals surface area contributed by atoms with Crippen LogP contribution in [0.3, 0.4) is 0 Å². The van der Waals surface area contributed by atoms with E-state index in [0.717, 1.165) is 26.2 Å². The quantitative estimate of drug-likeness (QED) is 0.580. The van der Waals surface area contributed by atoms with Crippen molar-refractivity contribution in [3.63, 3.8) is 0 Å². The Labute approximate surface area is 78.9 Å². The van der Waals surface area contributed by atoms with Gasteiger partial charge in [0.25, 0.3) is 0 Å². The van der Waals surface area contributed by atoms with E-state index in [2.05, 4.69) is 10.2 Å². The van der Waals surface area contributed by atoms with Crippen molar-refractivity contribution < 1.29 is 4.11 Å². The van der Waals surface area contributed by atoms with Crippen molar-refractivity contribution in [1.29, 1.82) is 0 Å². The first-order chi connectivity index (χ1) is 7.07. The molecule has 0 aromatic heterocycles. The van der Waals surface area contributed by atoms with Crippen LogP contribution in [0.1, 0.15) is 10.5 Å². The Bertz CT molecular complexity index is 205. The second-order valence-corrected chi connectivity index (χ2v) is 3.67. The lowest BCUT2D eigenvalue weighted by molar-refractivity contribution is 0.119. The summed E-state index contributed by atoms with van der Waals surface area (Å²) >= 11 is 0. The molecule has 0 amide bonds. The summed E-state index contributed by atoms with van der Waals surface area (Å²) < 4.78 is 22.0. The first kappa shape index (κ1) is 5.58. The molecule has 0 spiro atoms. The highest BCUT2D eigenvalue weighted by Crippen LogP contribution is 2.10. The zero-order chi connectivity index (χ0) is 10.9. The van der Waals surface area contributed by atoms with Gasteiger partial charge >= 0.3 is 0 Å². The molecule has 0 bridgehead atoms. The summed E-state index contributed by atoms with van der Waals surface area (Å²) in [4.78, 5) is 4.02. The lowest BCUT2D eigenvalue weighted by Gasteiger charge is -2.36. The van der Waals surface area contributed by atoms with E-state index in [1.165, 1.54) is 6.42 Å². The van der Waals surface area contributed by atoms with E-state index in [0.29, 0.717) is 19.1 Å². The normalized spacial score (nSPS) is 39.0. The van der Waals surface area contributed by atoms with Gasteiger partial charge in [-0.3, -0.25) is 4.90 Å². The molecule has 0 unspecified atom stereocenters. The maximum atomic E-state index is 7.33. The van der Waals surface area contributed by atoms with Crippen LogP contribution in [-0.2, 0) is 0 Å². The Balaban J connectivity index is 1.81. The molecule has 2 saturated heterocycles. The average molecular weight is 172 g/mol. The zero-order valence-electron chi connectivity index (χ0n) is 10.4. The molecule has 0 aliphatic carbocycles. The summed E-state index contributed by atoms with van der Waals surface area (Å²) in [5.41, 5.74) is 0. The van der Waals surface area contributed by atoms with Crippen molar-refractivity contribution in [3.05, 3.63) is 0 Å². The fourth-order valence-electron chi connectivity index (χ4n) is 2.04. The Hall–Kier alpha value is -0.120. The van der Waals surface area contributed by atoms with Gasteiger partial charge in [0.15, 0.2) is 0 Å². The van der Waals surface area contributed by atoms with Gasteiger partial charge in [-0.15, -0.1) is 0 Å². The maximum absolute atomic E-state index is 7.33. The van der Waals surface area contributed by atoms with E-state index >= 15 is 0 Å². The molecule has 70 valence electrons. The smallest absolute Gasteiger partial charge is 0.0394 e. The van der Waals surface area contributed by atoms with Gasteiger partial charge in [-0.25, -0.2) is 0 Å². The van der Waals surface area contributed by atoms with Crippen LogP contribution in [0.5, 0.6) is 0 Å². The third-order valence-corrected chi connectivity index (χ3v) is 2.86. The third kappa shape index (κ3) is 1.79. The largest absolute Gasteiger partial charge is 0.315 e. The molecule has 3 nitrogen and oxygen atoms in total. The van der Waals surface area contributed by atoms with Gasteiger partial charge in [0.2, 0.25) is 0 Å². The van der Waals surface area contributed by atoms with Gasteiger partial charge in [0.05, 0.1) is 0 Å². The molecule has 2 heterocycles. The standard InChI is InChI=1S/C9H19N3/c1-11-4-6-12(7-5-11)9-2-3-10-8-9/h9-10H,2-8H2,1H3/t9-/m0/s1/i1D3. The average Bonchev–Trinajstić information content (AvgIpc) is 2.69. The lowest BCUT2D eigenvalue weighted by atomic mass is 10.2. The Morgan fingerprint density at radius 1 is 1.33 bits per heavy atom. The van der Waals surface area contributed by atoms with Crippen molar-refractivity contribution in [1.82, 2.24) is 15.1 Å². The number of likely N-dealkylation sites (N-methyl/N-ethyl adjacent to an activating group) is 1. The second-order valence-electron chi connectivity index (χ2n) is 3.67. The fourth-order valence-corrected chi connectivity index (χ4v) is 2.04. The highest BCUT2D eigenvalue weighted by atomic mass is 15.3. The summed E-state index contributed by atoms with van der Waals surface area (Å²) in [7, 11) is 0. The fraction of sp³-hybridized carbons (Fsp3) is 1.00. The molecule has 2 rings (SSSR count). The van der Waals surface area contributed by atoms with Gasteiger partial charge < -0.3 is 10.2 Å². The molecule has 0 radical (unpaired) electrons. The van der Waals surface area contributed by atoms with E-state index < -0.39 is 6.98 Å². The molecule has 3 heteroatoms. The Morgan fingerprint density at radius 2 is 2.17 bits per heavy atom. The third-order valence-electron chi connectivity index (χ3n) is 2.86. The predicted molar refractivity (Wildman–Crippen MR) is 50.3 cm³/mol. The van der Waals surface area contributed by atoms with Crippen LogP contribution in [0.2, 0.25) is 0 Å². The maximum Gasteiger partial charge on any atom is 0.0394 e. The van der Waals surface area contributed by atoms with E-state index in [-0.39, 0.29) is 0 Å². The van der Waals surface area contributed by atoms with Crippen LogP contribution in [0.15, 0.2) is 0 Å². The summed E-state index contributed by atoms with van der Waals surface area (Å²) in [5, 5.41) is 3.34. The summed E-state index contributed by atoms with van der Waals surface area (Å²) in [6, 6.07) is 0.628. The first-order valence-corrected chi connectivity index (χ1v) is 4.77. The summed E-state index contributed by atoms with van der Waals surface area (Å²) in [6.45, 7) is 3.40. The topological polar surface area (TPSA) is 18.5 Å².